The molecule has 3 N–H and O–H groups in total. The van der Waals surface area contributed by atoms with E-state index in [1.165, 1.54) is 6.42 Å². The largest absolute Gasteiger partial charge is 0.481 e. The highest BCUT2D eigenvalue weighted by molar-refractivity contribution is 5.74. The predicted molar refractivity (Wildman–Crippen MR) is 80.1 cm³/mol. The number of nitrogens with one attached hydrogen (secondary N) is 2. The fourth-order valence-corrected chi connectivity index (χ4v) is 3.57. The van der Waals surface area contributed by atoms with Crippen LogP contribution in [0.2, 0.25) is 0 Å². The summed E-state index contributed by atoms with van der Waals surface area (Å²) in [6, 6.07) is -0.167. The zero-order valence-corrected chi connectivity index (χ0v) is 12.8. The molecule has 2 amide bonds. The van der Waals surface area contributed by atoms with Crippen molar-refractivity contribution in [3.63, 3.8) is 0 Å². The van der Waals surface area contributed by atoms with Crippen molar-refractivity contribution >= 4 is 12.0 Å². The average molecular weight is 297 g/mol. The highest BCUT2D eigenvalue weighted by Gasteiger charge is 2.32. The zero-order chi connectivity index (χ0) is 15.2. The van der Waals surface area contributed by atoms with Crippen molar-refractivity contribution in [3.8, 4) is 0 Å². The van der Waals surface area contributed by atoms with Gasteiger partial charge in [0.25, 0.3) is 0 Å². The molecule has 1 aliphatic heterocycles. The van der Waals surface area contributed by atoms with E-state index >= 15 is 0 Å². The number of carbonyl (C=O) groups excluding carboxylic acids is 1. The minimum Gasteiger partial charge on any atom is -0.481 e. The van der Waals surface area contributed by atoms with Gasteiger partial charge in [0.15, 0.2) is 0 Å². The summed E-state index contributed by atoms with van der Waals surface area (Å²) < 4.78 is 0. The average Bonchev–Trinajstić information content (AvgIpc) is 2.91. The quantitative estimate of drug-likeness (QED) is 0.710. The van der Waals surface area contributed by atoms with Crippen molar-refractivity contribution in [1.29, 1.82) is 0 Å². The van der Waals surface area contributed by atoms with Crippen molar-refractivity contribution in [2.45, 2.75) is 32.1 Å². The second-order valence-corrected chi connectivity index (χ2v) is 6.50. The van der Waals surface area contributed by atoms with Crippen LogP contribution in [0.5, 0.6) is 0 Å². The molecule has 3 atom stereocenters. The van der Waals surface area contributed by atoms with Crippen LogP contribution in [0, 0.1) is 17.8 Å². The Morgan fingerprint density at radius 3 is 2.62 bits per heavy atom. The Bertz CT molecular complexity index is 375. The van der Waals surface area contributed by atoms with E-state index in [0.717, 1.165) is 38.8 Å². The number of carboxylic acids is 1. The second-order valence-electron chi connectivity index (χ2n) is 6.50. The van der Waals surface area contributed by atoms with Crippen LogP contribution < -0.4 is 10.6 Å². The molecular weight excluding hydrogens is 270 g/mol. The summed E-state index contributed by atoms with van der Waals surface area (Å²) in [5.41, 5.74) is 0. The third-order valence-electron chi connectivity index (χ3n) is 4.77. The molecule has 120 valence electrons. The van der Waals surface area contributed by atoms with E-state index in [1.54, 1.807) is 0 Å². The van der Waals surface area contributed by atoms with Crippen LogP contribution in [-0.4, -0.2) is 55.2 Å². The van der Waals surface area contributed by atoms with Gasteiger partial charge in [-0.3, -0.25) is 4.79 Å². The maximum absolute atomic E-state index is 11.8. The summed E-state index contributed by atoms with van der Waals surface area (Å²) in [7, 11) is 2.11. The van der Waals surface area contributed by atoms with Crippen molar-refractivity contribution in [3.05, 3.63) is 0 Å². The predicted octanol–water partition coefficient (Wildman–Crippen LogP) is 1.13. The maximum atomic E-state index is 11.8. The Morgan fingerprint density at radius 1 is 1.14 bits per heavy atom. The molecular formula is C15H27N3O3. The molecule has 0 aromatic carbocycles. The lowest BCUT2D eigenvalue weighted by atomic mass is 9.96. The molecule has 0 bridgehead atoms. The van der Waals surface area contributed by atoms with Crippen LogP contribution in [0.1, 0.15) is 32.1 Å². The van der Waals surface area contributed by atoms with E-state index in [-0.39, 0.29) is 17.9 Å². The molecule has 6 nitrogen and oxygen atoms in total. The molecule has 0 aromatic rings. The Labute approximate surface area is 126 Å². The van der Waals surface area contributed by atoms with Gasteiger partial charge in [0.1, 0.15) is 0 Å². The first kappa shape index (κ1) is 16.1. The smallest absolute Gasteiger partial charge is 0.314 e. The molecule has 0 spiro atoms. The zero-order valence-electron chi connectivity index (χ0n) is 12.8. The number of nitrogens with zero attached hydrogens (tertiary/aromatic N) is 1. The third kappa shape index (κ3) is 4.88. The SMILES string of the molecule is CN1CCCC(CNC(=O)NCC2CCCC2C(=O)O)C1. The number of carbonyl (C=O) groups is 2. The second kappa shape index (κ2) is 7.64. The first-order valence-electron chi connectivity index (χ1n) is 7.99. The van der Waals surface area contributed by atoms with Crippen LogP contribution in [0.15, 0.2) is 0 Å². The first-order chi connectivity index (χ1) is 10.1. The van der Waals surface area contributed by atoms with E-state index < -0.39 is 5.97 Å². The summed E-state index contributed by atoms with van der Waals surface area (Å²) in [5, 5.41) is 14.9. The monoisotopic (exact) mass is 297 g/mol. The molecule has 6 heteroatoms. The van der Waals surface area contributed by atoms with Gasteiger partial charge < -0.3 is 20.6 Å². The van der Waals surface area contributed by atoms with Gasteiger partial charge in [-0.25, -0.2) is 4.79 Å². The molecule has 2 rings (SSSR count). The molecule has 1 heterocycles. The number of aliphatic carboxylic acids is 1. The van der Waals surface area contributed by atoms with Crippen molar-refractivity contribution < 1.29 is 14.7 Å². The fraction of sp³-hybridized carbons (Fsp3) is 0.867. The molecule has 21 heavy (non-hydrogen) atoms. The Kier molecular flexibility index (Phi) is 5.85. The van der Waals surface area contributed by atoms with Crippen LogP contribution in [0.25, 0.3) is 0 Å². The van der Waals surface area contributed by atoms with Crippen LogP contribution in [-0.2, 0) is 4.79 Å². The molecule has 0 radical (unpaired) electrons. The van der Waals surface area contributed by atoms with Crippen molar-refractivity contribution in [2.75, 3.05) is 33.2 Å². The third-order valence-corrected chi connectivity index (χ3v) is 4.77. The van der Waals surface area contributed by atoms with Gasteiger partial charge in [0.2, 0.25) is 0 Å². The van der Waals surface area contributed by atoms with Gasteiger partial charge in [-0.1, -0.05) is 6.42 Å². The number of hydrogen-bond acceptors (Lipinski definition) is 3. The van der Waals surface area contributed by atoms with Gasteiger partial charge in [-0.15, -0.1) is 0 Å². The standard InChI is InChI=1S/C15H27N3O3/c1-18-7-3-4-11(10-18)8-16-15(21)17-9-12-5-2-6-13(12)14(19)20/h11-13H,2-10H2,1H3,(H,19,20)(H2,16,17,21). The van der Waals surface area contributed by atoms with Gasteiger partial charge in [-0.2, -0.15) is 0 Å². The van der Waals surface area contributed by atoms with E-state index in [1.807, 2.05) is 0 Å². The number of piperidine rings is 1. The Balaban J connectivity index is 1.64. The fourth-order valence-electron chi connectivity index (χ4n) is 3.57. The minimum absolute atomic E-state index is 0.0778. The molecule has 1 saturated carbocycles. The van der Waals surface area contributed by atoms with E-state index in [0.29, 0.717) is 19.0 Å². The molecule has 0 aromatic heterocycles. The number of carboxylic acid groups (broad SMARTS) is 1. The molecule has 1 saturated heterocycles. The summed E-state index contributed by atoms with van der Waals surface area (Å²) in [6.07, 6.45) is 4.92. The summed E-state index contributed by atoms with van der Waals surface area (Å²) in [6.45, 7) is 3.33. The van der Waals surface area contributed by atoms with E-state index in [2.05, 4.69) is 22.6 Å². The summed E-state index contributed by atoms with van der Waals surface area (Å²) in [4.78, 5) is 25.2. The highest BCUT2D eigenvalue weighted by atomic mass is 16.4. The van der Waals surface area contributed by atoms with Gasteiger partial charge in [0, 0.05) is 19.6 Å². The van der Waals surface area contributed by atoms with Crippen LogP contribution >= 0.6 is 0 Å². The topological polar surface area (TPSA) is 81.7 Å². The molecule has 1 aliphatic carbocycles. The minimum atomic E-state index is -0.732. The first-order valence-corrected chi connectivity index (χ1v) is 7.99. The normalized spacial score (nSPS) is 30.0. The summed E-state index contributed by atoms with van der Waals surface area (Å²) in [5.74, 6) is -0.427. The van der Waals surface area contributed by atoms with Crippen molar-refractivity contribution in [1.82, 2.24) is 15.5 Å². The van der Waals surface area contributed by atoms with Crippen LogP contribution in [0.4, 0.5) is 4.79 Å². The number of likely N-dealkylation sites (tertiary alicyclic amines) is 1. The van der Waals surface area contributed by atoms with Crippen LogP contribution in [0.3, 0.4) is 0 Å². The van der Waals surface area contributed by atoms with E-state index in [4.69, 9.17) is 5.11 Å². The lowest BCUT2D eigenvalue weighted by molar-refractivity contribution is -0.142. The molecule has 3 unspecified atom stereocenters. The highest BCUT2D eigenvalue weighted by Crippen LogP contribution is 2.31. The number of hydrogen-bond donors (Lipinski definition) is 3. The Morgan fingerprint density at radius 2 is 1.90 bits per heavy atom. The summed E-state index contributed by atoms with van der Waals surface area (Å²) >= 11 is 0. The van der Waals surface area contributed by atoms with E-state index in [9.17, 15) is 9.59 Å². The lowest BCUT2D eigenvalue weighted by Gasteiger charge is -2.29. The molecule has 2 fully saturated rings. The van der Waals surface area contributed by atoms with Gasteiger partial charge in [-0.05, 0) is 51.1 Å². The van der Waals surface area contributed by atoms with Gasteiger partial charge >= 0.3 is 12.0 Å². The molecule has 2 aliphatic rings. The Hall–Kier alpha value is -1.30. The van der Waals surface area contributed by atoms with Gasteiger partial charge in [0.05, 0.1) is 5.92 Å². The number of urea groups is 1. The maximum Gasteiger partial charge on any atom is 0.314 e. The number of amides is 2. The lowest BCUT2D eigenvalue weighted by Crippen LogP contribution is -2.44. The number of rotatable bonds is 5. The van der Waals surface area contributed by atoms with Crippen molar-refractivity contribution in [2.24, 2.45) is 17.8 Å².